The largest absolute Gasteiger partial charge is 0.507 e. The number of amides is 1. The Morgan fingerprint density at radius 1 is 1.25 bits per heavy atom. The van der Waals surface area contributed by atoms with Crippen LogP contribution >= 0.6 is 11.6 Å². The van der Waals surface area contributed by atoms with Crippen molar-refractivity contribution in [3.8, 4) is 5.75 Å². The van der Waals surface area contributed by atoms with Gasteiger partial charge >= 0.3 is 0 Å². The number of hydrogen-bond acceptors (Lipinski definition) is 3. The van der Waals surface area contributed by atoms with Gasteiger partial charge in [-0.2, -0.15) is 0 Å². The van der Waals surface area contributed by atoms with E-state index in [1.54, 1.807) is 6.07 Å². The number of carbonyl (C=O) groups excluding carboxylic acids is 1. The van der Waals surface area contributed by atoms with E-state index in [1.807, 2.05) is 0 Å². The molecule has 3 rings (SSSR count). The first-order valence-electron chi connectivity index (χ1n) is 9.16. The van der Waals surface area contributed by atoms with E-state index in [9.17, 15) is 9.90 Å². The fourth-order valence-electron chi connectivity index (χ4n) is 4.27. The van der Waals surface area contributed by atoms with Crippen LogP contribution in [0.4, 0.5) is 0 Å². The van der Waals surface area contributed by atoms with Gasteiger partial charge in [0.25, 0.3) is 5.91 Å². The molecule has 0 bridgehead atoms. The van der Waals surface area contributed by atoms with Crippen LogP contribution in [0.5, 0.6) is 5.75 Å². The van der Waals surface area contributed by atoms with Gasteiger partial charge in [0, 0.05) is 24.2 Å². The highest BCUT2D eigenvalue weighted by atomic mass is 35.5. The molecule has 2 atom stereocenters. The van der Waals surface area contributed by atoms with E-state index < -0.39 is 0 Å². The molecule has 1 amide bonds. The van der Waals surface area contributed by atoms with Gasteiger partial charge in [-0.05, 0) is 62.8 Å². The Bertz CT molecular complexity index is 576. The van der Waals surface area contributed by atoms with Crippen molar-refractivity contribution < 1.29 is 9.90 Å². The van der Waals surface area contributed by atoms with Crippen molar-refractivity contribution in [3.63, 3.8) is 0 Å². The summed E-state index contributed by atoms with van der Waals surface area (Å²) in [7, 11) is 0. The minimum atomic E-state index is -0.260. The molecule has 0 aromatic heterocycles. The molecular formula is C19H27ClN2O2. The van der Waals surface area contributed by atoms with Gasteiger partial charge in [-0.1, -0.05) is 24.4 Å². The Morgan fingerprint density at radius 3 is 2.92 bits per heavy atom. The molecule has 1 aromatic rings. The Labute approximate surface area is 149 Å². The number of benzene rings is 1. The minimum Gasteiger partial charge on any atom is -0.507 e. The molecule has 1 saturated carbocycles. The predicted octanol–water partition coefficient (Wildman–Crippen LogP) is 3.82. The van der Waals surface area contributed by atoms with Crippen LogP contribution < -0.4 is 5.32 Å². The fourth-order valence-corrected chi connectivity index (χ4v) is 4.45. The van der Waals surface area contributed by atoms with Crippen molar-refractivity contribution in [2.24, 2.45) is 5.92 Å². The van der Waals surface area contributed by atoms with Crippen LogP contribution in [0.3, 0.4) is 0 Å². The number of aromatic hydroxyl groups is 1. The SMILES string of the molecule is O=C(NCCCN1CCC[C@@H]2CCCC[C@@H]21)c1cc(Cl)ccc1O. The molecule has 24 heavy (non-hydrogen) atoms. The molecule has 1 aliphatic heterocycles. The van der Waals surface area contributed by atoms with Crippen LogP contribution in [-0.4, -0.2) is 41.6 Å². The van der Waals surface area contributed by atoms with Crippen molar-refractivity contribution in [2.45, 2.75) is 51.0 Å². The summed E-state index contributed by atoms with van der Waals surface area (Å²) in [4.78, 5) is 14.8. The third-order valence-corrected chi connectivity index (χ3v) is 5.70. The van der Waals surface area contributed by atoms with Crippen molar-refractivity contribution in [1.82, 2.24) is 10.2 Å². The number of halogens is 1. The zero-order chi connectivity index (χ0) is 16.9. The van der Waals surface area contributed by atoms with E-state index in [2.05, 4.69) is 10.2 Å². The molecule has 0 radical (unpaired) electrons. The zero-order valence-electron chi connectivity index (χ0n) is 14.1. The monoisotopic (exact) mass is 350 g/mol. The van der Waals surface area contributed by atoms with Crippen LogP contribution in [-0.2, 0) is 0 Å². The first-order valence-corrected chi connectivity index (χ1v) is 9.53. The third kappa shape index (κ3) is 4.22. The van der Waals surface area contributed by atoms with Gasteiger partial charge in [0.15, 0.2) is 0 Å². The van der Waals surface area contributed by atoms with Crippen LogP contribution in [0.2, 0.25) is 5.02 Å². The molecule has 1 saturated heterocycles. The zero-order valence-corrected chi connectivity index (χ0v) is 14.9. The summed E-state index contributed by atoms with van der Waals surface area (Å²) in [6.45, 7) is 2.87. The Kier molecular flexibility index (Phi) is 6.01. The molecular weight excluding hydrogens is 324 g/mol. The van der Waals surface area contributed by atoms with E-state index in [0.717, 1.165) is 24.9 Å². The second-order valence-electron chi connectivity index (χ2n) is 7.06. The lowest BCUT2D eigenvalue weighted by Crippen LogP contribution is -2.47. The number of nitrogens with one attached hydrogen (secondary N) is 1. The maximum Gasteiger partial charge on any atom is 0.255 e. The quantitative estimate of drug-likeness (QED) is 0.794. The lowest BCUT2D eigenvalue weighted by Gasteiger charge is -2.44. The number of piperidine rings is 1. The van der Waals surface area contributed by atoms with Gasteiger partial charge in [0.05, 0.1) is 5.56 Å². The molecule has 1 heterocycles. The summed E-state index contributed by atoms with van der Waals surface area (Å²) >= 11 is 5.89. The van der Waals surface area contributed by atoms with Crippen LogP contribution in [0.1, 0.15) is 55.3 Å². The van der Waals surface area contributed by atoms with Crippen molar-refractivity contribution in [3.05, 3.63) is 28.8 Å². The normalized spacial score (nSPS) is 24.4. The van der Waals surface area contributed by atoms with Crippen LogP contribution in [0, 0.1) is 5.92 Å². The van der Waals surface area contributed by atoms with E-state index >= 15 is 0 Å². The molecule has 4 nitrogen and oxygen atoms in total. The number of rotatable bonds is 5. The summed E-state index contributed by atoms with van der Waals surface area (Å²) in [5.74, 6) is 0.604. The summed E-state index contributed by atoms with van der Waals surface area (Å²) in [5.41, 5.74) is 0.243. The van der Waals surface area contributed by atoms with Gasteiger partial charge in [0.2, 0.25) is 0 Å². The highest BCUT2D eigenvalue weighted by molar-refractivity contribution is 6.31. The predicted molar refractivity (Wildman–Crippen MR) is 96.6 cm³/mol. The second-order valence-corrected chi connectivity index (χ2v) is 7.50. The number of hydrogen-bond donors (Lipinski definition) is 2. The first kappa shape index (κ1) is 17.6. The maximum atomic E-state index is 12.2. The Morgan fingerprint density at radius 2 is 2.04 bits per heavy atom. The lowest BCUT2D eigenvalue weighted by molar-refractivity contribution is 0.0599. The van der Waals surface area contributed by atoms with E-state index in [1.165, 1.54) is 57.2 Å². The molecule has 1 aliphatic carbocycles. The third-order valence-electron chi connectivity index (χ3n) is 5.47. The van der Waals surface area contributed by atoms with E-state index in [0.29, 0.717) is 11.6 Å². The Hall–Kier alpha value is -1.26. The van der Waals surface area contributed by atoms with Crippen molar-refractivity contribution in [2.75, 3.05) is 19.6 Å². The average molecular weight is 351 g/mol. The van der Waals surface area contributed by atoms with Gasteiger partial charge in [-0.25, -0.2) is 0 Å². The van der Waals surface area contributed by atoms with Gasteiger partial charge < -0.3 is 15.3 Å². The topological polar surface area (TPSA) is 52.6 Å². The Balaban J connectivity index is 1.45. The minimum absolute atomic E-state index is 0.0297. The molecule has 5 heteroatoms. The van der Waals surface area contributed by atoms with Crippen LogP contribution in [0.15, 0.2) is 18.2 Å². The highest BCUT2D eigenvalue weighted by Crippen LogP contribution is 2.35. The van der Waals surface area contributed by atoms with Crippen molar-refractivity contribution >= 4 is 17.5 Å². The molecule has 1 aromatic carbocycles. The summed E-state index contributed by atoms with van der Waals surface area (Å²) in [6, 6.07) is 5.29. The van der Waals surface area contributed by atoms with E-state index in [4.69, 9.17) is 11.6 Å². The lowest BCUT2D eigenvalue weighted by atomic mass is 9.78. The number of phenols is 1. The van der Waals surface area contributed by atoms with Crippen molar-refractivity contribution in [1.29, 1.82) is 0 Å². The van der Waals surface area contributed by atoms with Gasteiger partial charge in [-0.15, -0.1) is 0 Å². The van der Waals surface area contributed by atoms with Gasteiger partial charge in [0.1, 0.15) is 5.75 Å². The van der Waals surface area contributed by atoms with Gasteiger partial charge in [-0.3, -0.25) is 4.79 Å². The number of carbonyl (C=O) groups is 1. The molecule has 132 valence electrons. The number of phenolic OH excluding ortho intramolecular Hbond substituents is 1. The van der Waals surface area contributed by atoms with Crippen LogP contribution in [0.25, 0.3) is 0 Å². The smallest absolute Gasteiger partial charge is 0.255 e. The average Bonchev–Trinajstić information content (AvgIpc) is 2.60. The number of nitrogens with zero attached hydrogens (tertiary/aromatic N) is 1. The highest BCUT2D eigenvalue weighted by Gasteiger charge is 2.32. The fraction of sp³-hybridized carbons (Fsp3) is 0.632. The maximum absolute atomic E-state index is 12.2. The van der Waals surface area contributed by atoms with E-state index in [-0.39, 0.29) is 17.2 Å². The molecule has 0 unspecified atom stereocenters. The second kappa shape index (κ2) is 8.21. The molecule has 2 fully saturated rings. The standard InChI is InChI=1S/C19H27ClN2O2/c20-15-8-9-18(23)16(13-15)19(24)21-10-4-12-22-11-3-6-14-5-1-2-7-17(14)22/h8-9,13-14,17,23H,1-7,10-12H2,(H,21,24)/t14-,17-/m0/s1. The summed E-state index contributed by atoms with van der Waals surface area (Å²) < 4.78 is 0. The molecule has 2 N–H and O–H groups in total. The molecule has 2 aliphatic rings. The number of fused-ring (bicyclic) bond motifs is 1. The summed E-state index contributed by atoms with van der Waals surface area (Å²) in [6.07, 6.45) is 9.14. The summed E-state index contributed by atoms with van der Waals surface area (Å²) in [5, 5.41) is 13.1. The first-order chi connectivity index (χ1) is 11.6. The molecule has 0 spiro atoms. The number of likely N-dealkylation sites (tertiary alicyclic amines) is 1.